The zero-order chi connectivity index (χ0) is 15.6. The number of aryl methyl sites for hydroxylation is 1. The lowest BCUT2D eigenvalue weighted by Gasteiger charge is -2.08. The SMILES string of the molecule is Cc1cc(CNC(=O)c2ccc(C(C)C)cc2)c(C)n1C. The highest BCUT2D eigenvalue weighted by Gasteiger charge is 2.09. The molecule has 2 aromatic rings. The summed E-state index contributed by atoms with van der Waals surface area (Å²) in [4.78, 5) is 12.2. The van der Waals surface area contributed by atoms with Gasteiger partial charge in [0.15, 0.2) is 0 Å². The van der Waals surface area contributed by atoms with Gasteiger partial charge in [0.2, 0.25) is 0 Å². The second-order valence-corrected chi connectivity index (χ2v) is 5.91. The Morgan fingerprint density at radius 3 is 2.29 bits per heavy atom. The fourth-order valence-corrected chi connectivity index (χ4v) is 2.41. The molecule has 0 atom stereocenters. The van der Waals surface area contributed by atoms with Crippen LogP contribution < -0.4 is 5.32 Å². The van der Waals surface area contributed by atoms with Crippen LogP contribution in [-0.2, 0) is 13.6 Å². The molecule has 1 N–H and O–H groups in total. The number of nitrogens with zero attached hydrogens (tertiary/aromatic N) is 1. The van der Waals surface area contributed by atoms with E-state index in [1.54, 1.807) is 0 Å². The van der Waals surface area contributed by atoms with E-state index >= 15 is 0 Å². The average Bonchev–Trinajstić information content (AvgIpc) is 2.72. The highest BCUT2D eigenvalue weighted by Crippen LogP contribution is 2.15. The number of hydrogen-bond donors (Lipinski definition) is 1. The van der Waals surface area contributed by atoms with E-state index in [1.165, 1.54) is 22.5 Å². The first kappa shape index (κ1) is 15.4. The van der Waals surface area contributed by atoms with Crippen molar-refractivity contribution in [2.24, 2.45) is 7.05 Å². The van der Waals surface area contributed by atoms with Crippen molar-refractivity contribution in [2.75, 3.05) is 0 Å². The average molecular weight is 284 g/mol. The first-order valence-electron chi connectivity index (χ1n) is 7.40. The van der Waals surface area contributed by atoms with Gasteiger partial charge < -0.3 is 9.88 Å². The van der Waals surface area contributed by atoms with Crippen molar-refractivity contribution in [3.8, 4) is 0 Å². The maximum absolute atomic E-state index is 12.2. The van der Waals surface area contributed by atoms with E-state index in [9.17, 15) is 4.79 Å². The molecule has 112 valence electrons. The smallest absolute Gasteiger partial charge is 0.251 e. The quantitative estimate of drug-likeness (QED) is 0.912. The molecular weight excluding hydrogens is 260 g/mol. The molecule has 0 spiro atoms. The number of hydrogen-bond acceptors (Lipinski definition) is 1. The van der Waals surface area contributed by atoms with E-state index in [0.29, 0.717) is 18.0 Å². The van der Waals surface area contributed by atoms with Crippen LogP contribution >= 0.6 is 0 Å². The Hall–Kier alpha value is -2.03. The normalized spacial score (nSPS) is 11.0. The molecule has 0 unspecified atom stereocenters. The molecule has 0 radical (unpaired) electrons. The third-order valence-corrected chi connectivity index (χ3v) is 4.16. The molecule has 0 saturated heterocycles. The van der Waals surface area contributed by atoms with Gasteiger partial charge in [0, 0.05) is 30.5 Å². The molecule has 3 nitrogen and oxygen atoms in total. The molecule has 0 aliphatic rings. The summed E-state index contributed by atoms with van der Waals surface area (Å²) in [7, 11) is 2.04. The van der Waals surface area contributed by atoms with E-state index in [2.05, 4.69) is 43.6 Å². The number of carbonyl (C=O) groups is 1. The van der Waals surface area contributed by atoms with Crippen LogP contribution in [0.1, 0.15) is 52.6 Å². The molecule has 0 bridgehead atoms. The fraction of sp³-hybridized carbons (Fsp3) is 0.389. The summed E-state index contributed by atoms with van der Waals surface area (Å²) in [6.07, 6.45) is 0. The Balaban J connectivity index is 2.03. The predicted octanol–water partition coefficient (Wildman–Crippen LogP) is 3.70. The van der Waals surface area contributed by atoms with Gasteiger partial charge in [0.05, 0.1) is 0 Å². The van der Waals surface area contributed by atoms with Gasteiger partial charge in [-0.05, 0) is 49.1 Å². The monoisotopic (exact) mass is 284 g/mol. The Labute approximate surface area is 127 Å². The first-order chi connectivity index (χ1) is 9.90. The minimum atomic E-state index is -0.0220. The Bertz CT molecular complexity index is 636. The van der Waals surface area contributed by atoms with Gasteiger partial charge >= 0.3 is 0 Å². The number of nitrogens with one attached hydrogen (secondary N) is 1. The first-order valence-corrected chi connectivity index (χ1v) is 7.40. The minimum absolute atomic E-state index is 0.0220. The molecule has 2 rings (SSSR count). The number of benzene rings is 1. The third kappa shape index (κ3) is 3.35. The van der Waals surface area contributed by atoms with Crippen LogP contribution in [0.3, 0.4) is 0 Å². The van der Waals surface area contributed by atoms with E-state index in [-0.39, 0.29) is 5.91 Å². The fourth-order valence-electron chi connectivity index (χ4n) is 2.41. The molecule has 1 aromatic carbocycles. The van der Waals surface area contributed by atoms with Gasteiger partial charge in [-0.1, -0.05) is 26.0 Å². The zero-order valence-corrected chi connectivity index (χ0v) is 13.5. The standard InChI is InChI=1S/C18H24N2O/c1-12(2)15-6-8-16(9-7-15)18(21)19-11-17-10-13(3)20(5)14(17)4/h6-10,12H,11H2,1-5H3,(H,19,21). The van der Waals surface area contributed by atoms with Gasteiger partial charge in [-0.25, -0.2) is 0 Å². The summed E-state index contributed by atoms with van der Waals surface area (Å²) < 4.78 is 2.14. The highest BCUT2D eigenvalue weighted by atomic mass is 16.1. The van der Waals surface area contributed by atoms with E-state index in [1.807, 2.05) is 31.3 Å². The Morgan fingerprint density at radius 2 is 1.81 bits per heavy atom. The van der Waals surface area contributed by atoms with Crippen LogP contribution in [0.2, 0.25) is 0 Å². The third-order valence-electron chi connectivity index (χ3n) is 4.16. The van der Waals surface area contributed by atoms with Gasteiger partial charge in [0.25, 0.3) is 5.91 Å². The van der Waals surface area contributed by atoms with Crippen molar-refractivity contribution < 1.29 is 4.79 Å². The molecular formula is C18H24N2O. The van der Waals surface area contributed by atoms with Crippen LogP contribution in [0.15, 0.2) is 30.3 Å². The Kier molecular flexibility index (Phi) is 4.51. The minimum Gasteiger partial charge on any atom is -0.352 e. The molecule has 21 heavy (non-hydrogen) atoms. The lowest BCUT2D eigenvalue weighted by Crippen LogP contribution is -2.23. The second-order valence-electron chi connectivity index (χ2n) is 5.91. The van der Waals surface area contributed by atoms with E-state index in [0.717, 1.165) is 0 Å². The van der Waals surface area contributed by atoms with E-state index in [4.69, 9.17) is 0 Å². The molecule has 0 aliphatic heterocycles. The largest absolute Gasteiger partial charge is 0.352 e. The van der Waals surface area contributed by atoms with Gasteiger partial charge in [-0.3, -0.25) is 4.79 Å². The van der Waals surface area contributed by atoms with Gasteiger partial charge in [-0.15, -0.1) is 0 Å². The zero-order valence-electron chi connectivity index (χ0n) is 13.5. The number of rotatable bonds is 4. The lowest BCUT2D eigenvalue weighted by molar-refractivity contribution is 0.0951. The number of amides is 1. The molecule has 0 fully saturated rings. The van der Waals surface area contributed by atoms with Crippen LogP contribution in [0.4, 0.5) is 0 Å². The second kappa shape index (κ2) is 6.17. The van der Waals surface area contributed by atoms with Gasteiger partial charge in [0.1, 0.15) is 0 Å². The van der Waals surface area contributed by atoms with Crippen LogP contribution in [0.25, 0.3) is 0 Å². The predicted molar refractivity (Wildman–Crippen MR) is 86.6 cm³/mol. The van der Waals surface area contributed by atoms with Crippen molar-refractivity contribution in [1.82, 2.24) is 9.88 Å². The molecule has 1 amide bonds. The van der Waals surface area contributed by atoms with E-state index < -0.39 is 0 Å². The topological polar surface area (TPSA) is 34.0 Å². The van der Waals surface area contributed by atoms with Crippen molar-refractivity contribution in [2.45, 2.75) is 40.2 Å². The highest BCUT2D eigenvalue weighted by molar-refractivity contribution is 5.94. The lowest BCUT2D eigenvalue weighted by atomic mass is 10.0. The van der Waals surface area contributed by atoms with Crippen LogP contribution in [0.5, 0.6) is 0 Å². The summed E-state index contributed by atoms with van der Waals surface area (Å²) in [5.74, 6) is 0.461. The van der Waals surface area contributed by atoms with Crippen molar-refractivity contribution in [3.63, 3.8) is 0 Å². The molecule has 0 aliphatic carbocycles. The maximum atomic E-state index is 12.2. The summed E-state index contributed by atoms with van der Waals surface area (Å²) in [6, 6.07) is 9.97. The molecule has 1 aromatic heterocycles. The number of aromatic nitrogens is 1. The number of carbonyl (C=O) groups excluding carboxylic acids is 1. The summed E-state index contributed by atoms with van der Waals surface area (Å²) in [5.41, 5.74) is 5.54. The van der Waals surface area contributed by atoms with Gasteiger partial charge in [-0.2, -0.15) is 0 Å². The van der Waals surface area contributed by atoms with Crippen LogP contribution in [-0.4, -0.2) is 10.5 Å². The summed E-state index contributed by atoms with van der Waals surface area (Å²) in [6.45, 7) is 9.01. The van der Waals surface area contributed by atoms with Crippen molar-refractivity contribution in [1.29, 1.82) is 0 Å². The van der Waals surface area contributed by atoms with Crippen molar-refractivity contribution >= 4 is 5.91 Å². The summed E-state index contributed by atoms with van der Waals surface area (Å²) >= 11 is 0. The summed E-state index contributed by atoms with van der Waals surface area (Å²) in [5, 5.41) is 2.99. The van der Waals surface area contributed by atoms with Crippen LogP contribution in [0, 0.1) is 13.8 Å². The Morgan fingerprint density at radius 1 is 1.19 bits per heavy atom. The molecule has 0 saturated carbocycles. The maximum Gasteiger partial charge on any atom is 0.251 e. The van der Waals surface area contributed by atoms with Crippen molar-refractivity contribution in [3.05, 3.63) is 58.4 Å². The molecule has 3 heteroatoms. The molecule has 1 heterocycles.